The molecule has 0 bridgehead atoms. The van der Waals surface area contributed by atoms with Gasteiger partial charge in [-0.25, -0.2) is 0 Å². The van der Waals surface area contributed by atoms with E-state index >= 15 is 0 Å². The monoisotopic (exact) mass is 156 g/mol. The Bertz CT molecular complexity index is 151. The maximum absolute atomic E-state index is 10.3. The number of amides is 1. The molecule has 11 heavy (non-hydrogen) atoms. The van der Waals surface area contributed by atoms with Gasteiger partial charge in [-0.3, -0.25) is 4.79 Å². The van der Waals surface area contributed by atoms with Crippen LogP contribution in [0.3, 0.4) is 0 Å². The van der Waals surface area contributed by atoms with Crippen LogP contribution in [0.25, 0.3) is 0 Å². The topological polar surface area (TPSA) is 50.4 Å². The minimum absolute atomic E-state index is 0.0251. The van der Waals surface area contributed by atoms with Crippen molar-refractivity contribution in [3.05, 3.63) is 0 Å². The van der Waals surface area contributed by atoms with Gasteiger partial charge in [-0.1, -0.05) is 6.42 Å². The lowest BCUT2D eigenvalue weighted by atomic mass is 10.4. The van der Waals surface area contributed by atoms with Crippen LogP contribution in [0.15, 0.2) is 0 Å². The van der Waals surface area contributed by atoms with Gasteiger partial charge in [-0.15, -0.1) is 5.48 Å². The Kier molecular flexibility index (Phi) is 6.14. The lowest BCUT2D eigenvalue weighted by molar-refractivity contribution is -0.118. The highest BCUT2D eigenvalue weighted by atomic mass is 16.6. The van der Waals surface area contributed by atoms with E-state index in [4.69, 9.17) is 6.42 Å². The first-order chi connectivity index (χ1) is 5.27. The molecule has 4 heteroatoms. The summed E-state index contributed by atoms with van der Waals surface area (Å²) >= 11 is 0. The Balaban J connectivity index is 2.92. The third-order valence-electron chi connectivity index (χ3n) is 0.961. The summed E-state index contributed by atoms with van der Waals surface area (Å²) in [6.07, 6.45) is 7.55. The van der Waals surface area contributed by atoms with Gasteiger partial charge in [0.2, 0.25) is 5.91 Å². The SMILES string of the molecule is C#CONCCCNC(C)=O. The van der Waals surface area contributed by atoms with E-state index in [2.05, 4.69) is 15.6 Å². The van der Waals surface area contributed by atoms with Crippen LogP contribution in [0.2, 0.25) is 0 Å². The molecule has 0 aliphatic heterocycles. The number of rotatable bonds is 5. The van der Waals surface area contributed by atoms with Gasteiger partial charge in [-0.2, -0.15) is 0 Å². The highest BCUT2D eigenvalue weighted by Crippen LogP contribution is 1.73. The van der Waals surface area contributed by atoms with Crippen LogP contribution < -0.4 is 10.8 Å². The van der Waals surface area contributed by atoms with E-state index in [0.29, 0.717) is 13.1 Å². The van der Waals surface area contributed by atoms with Gasteiger partial charge < -0.3 is 10.2 Å². The lowest BCUT2D eigenvalue weighted by Gasteiger charge is -2.01. The number of carbonyl (C=O) groups is 1. The highest BCUT2D eigenvalue weighted by Gasteiger charge is 1.89. The van der Waals surface area contributed by atoms with Crippen molar-refractivity contribution in [1.82, 2.24) is 10.8 Å². The molecule has 0 saturated heterocycles. The number of carbonyl (C=O) groups excluding carboxylic acids is 1. The molecule has 0 unspecified atom stereocenters. The van der Waals surface area contributed by atoms with E-state index in [1.165, 1.54) is 6.92 Å². The van der Waals surface area contributed by atoms with Crippen LogP contribution in [0, 0.1) is 12.5 Å². The van der Waals surface area contributed by atoms with E-state index in [1.807, 2.05) is 6.11 Å². The van der Waals surface area contributed by atoms with Crippen molar-refractivity contribution in [3.63, 3.8) is 0 Å². The number of hydrogen-bond acceptors (Lipinski definition) is 3. The first kappa shape index (κ1) is 9.79. The minimum Gasteiger partial charge on any atom is -0.356 e. The molecule has 0 spiro atoms. The number of nitrogens with one attached hydrogen (secondary N) is 2. The van der Waals surface area contributed by atoms with Crippen molar-refractivity contribution in [3.8, 4) is 12.5 Å². The van der Waals surface area contributed by atoms with E-state index in [1.54, 1.807) is 0 Å². The van der Waals surface area contributed by atoms with Gasteiger partial charge in [0.15, 0.2) is 0 Å². The summed E-state index contributed by atoms with van der Waals surface area (Å²) in [6, 6.07) is 0. The van der Waals surface area contributed by atoms with Gasteiger partial charge >= 0.3 is 0 Å². The van der Waals surface area contributed by atoms with E-state index in [9.17, 15) is 4.79 Å². The van der Waals surface area contributed by atoms with E-state index < -0.39 is 0 Å². The normalized spacial score (nSPS) is 8.36. The van der Waals surface area contributed by atoms with Crippen LogP contribution in [0.5, 0.6) is 0 Å². The largest absolute Gasteiger partial charge is 0.356 e. The first-order valence-corrected chi connectivity index (χ1v) is 3.36. The average molecular weight is 156 g/mol. The van der Waals surface area contributed by atoms with Gasteiger partial charge in [0.1, 0.15) is 6.11 Å². The second kappa shape index (κ2) is 6.90. The zero-order valence-corrected chi connectivity index (χ0v) is 6.52. The fraction of sp³-hybridized carbons (Fsp3) is 0.571. The molecule has 0 aliphatic rings. The molecule has 62 valence electrons. The molecule has 0 aliphatic carbocycles. The molecule has 0 aromatic heterocycles. The van der Waals surface area contributed by atoms with Crippen molar-refractivity contribution in [1.29, 1.82) is 0 Å². The molecule has 0 heterocycles. The quantitative estimate of drug-likeness (QED) is 0.324. The molecule has 1 amide bonds. The third-order valence-corrected chi connectivity index (χ3v) is 0.961. The highest BCUT2D eigenvalue weighted by molar-refractivity contribution is 5.72. The fourth-order valence-corrected chi connectivity index (χ4v) is 0.518. The molecule has 0 saturated carbocycles. The predicted molar refractivity (Wildman–Crippen MR) is 41.2 cm³/mol. The molecule has 4 nitrogen and oxygen atoms in total. The second-order valence-corrected chi connectivity index (χ2v) is 1.95. The van der Waals surface area contributed by atoms with Crippen LogP contribution in [0.1, 0.15) is 13.3 Å². The van der Waals surface area contributed by atoms with Crippen LogP contribution in [-0.2, 0) is 9.63 Å². The molecule has 2 N–H and O–H groups in total. The number of hydroxylamine groups is 1. The van der Waals surface area contributed by atoms with Crippen molar-refractivity contribution >= 4 is 5.91 Å². The summed E-state index contributed by atoms with van der Waals surface area (Å²) in [5.41, 5.74) is 2.52. The lowest BCUT2D eigenvalue weighted by Crippen LogP contribution is -2.24. The zero-order chi connectivity index (χ0) is 8.53. The van der Waals surface area contributed by atoms with Crippen LogP contribution >= 0.6 is 0 Å². The molecular formula is C7H12N2O2. The van der Waals surface area contributed by atoms with Crippen molar-refractivity contribution in [2.75, 3.05) is 13.1 Å². The molecule has 0 aromatic carbocycles. The summed E-state index contributed by atoms with van der Waals surface area (Å²) in [6.45, 7) is 2.74. The molecule has 0 radical (unpaired) electrons. The van der Waals surface area contributed by atoms with Crippen LogP contribution in [0.4, 0.5) is 0 Å². The summed E-state index contributed by atoms with van der Waals surface area (Å²) in [5, 5.41) is 2.64. The molecule has 0 rings (SSSR count). The standard InChI is InChI=1S/C7H12N2O2/c1-3-11-9-6-4-5-8-7(2)10/h1,9H,4-6H2,2H3,(H,8,10). The summed E-state index contributed by atoms with van der Waals surface area (Å²) in [7, 11) is 0. The van der Waals surface area contributed by atoms with Gasteiger partial charge in [0.25, 0.3) is 0 Å². The number of terminal acetylenes is 1. The Morgan fingerprint density at radius 1 is 1.64 bits per heavy atom. The van der Waals surface area contributed by atoms with Crippen molar-refractivity contribution < 1.29 is 9.63 Å². The summed E-state index contributed by atoms with van der Waals surface area (Å²) in [5.74, 6) is -0.0251. The summed E-state index contributed by atoms with van der Waals surface area (Å²) < 4.78 is 0. The number of hydrogen-bond donors (Lipinski definition) is 2. The third kappa shape index (κ3) is 8.79. The predicted octanol–water partition coefficient (Wildman–Crippen LogP) is -0.376. The van der Waals surface area contributed by atoms with E-state index in [-0.39, 0.29) is 5.91 Å². The Morgan fingerprint density at radius 3 is 2.91 bits per heavy atom. The zero-order valence-electron chi connectivity index (χ0n) is 6.52. The molecule has 0 aromatic rings. The van der Waals surface area contributed by atoms with E-state index in [0.717, 1.165) is 6.42 Å². The van der Waals surface area contributed by atoms with Crippen molar-refractivity contribution in [2.24, 2.45) is 0 Å². The molecule has 0 atom stereocenters. The maximum atomic E-state index is 10.3. The average Bonchev–Trinajstić information content (AvgIpc) is 1.96. The Labute approximate surface area is 66.3 Å². The van der Waals surface area contributed by atoms with Crippen LogP contribution in [-0.4, -0.2) is 19.0 Å². The Morgan fingerprint density at radius 2 is 2.36 bits per heavy atom. The first-order valence-electron chi connectivity index (χ1n) is 3.36. The van der Waals surface area contributed by atoms with Crippen molar-refractivity contribution in [2.45, 2.75) is 13.3 Å². The maximum Gasteiger partial charge on any atom is 0.216 e. The van der Waals surface area contributed by atoms with Gasteiger partial charge in [0, 0.05) is 20.0 Å². The smallest absolute Gasteiger partial charge is 0.216 e. The fourth-order valence-electron chi connectivity index (χ4n) is 0.518. The Hall–Kier alpha value is -1.21. The van der Waals surface area contributed by atoms with Gasteiger partial charge in [-0.05, 0) is 6.42 Å². The molecular weight excluding hydrogens is 144 g/mol. The minimum atomic E-state index is -0.0251. The summed E-state index contributed by atoms with van der Waals surface area (Å²) in [4.78, 5) is 14.7. The molecule has 0 fully saturated rings. The second-order valence-electron chi connectivity index (χ2n) is 1.95. The van der Waals surface area contributed by atoms with Gasteiger partial charge in [0.05, 0.1) is 0 Å².